The molecule has 102 valence electrons. The first-order chi connectivity index (χ1) is 9.01. The van der Waals surface area contributed by atoms with Crippen LogP contribution in [-0.4, -0.2) is 28.5 Å². The number of carbonyl (C=O) groups excluding carboxylic acids is 1. The van der Waals surface area contributed by atoms with Gasteiger partial charge in [0.15, 0.2) is 0 Å². The van der Waals surface area contributed by atoms with Gasteiger partial charge >= 0.3 is 5.97 Å². The molecule has 0 saturated heterocycles. The lowest BCUT2D eigenvalue weighted by Gasteiger charge is -2.40. The summed E-state index contributed by atoms with van der Waals surface area (Å²) in [6.07, 6.45) is 4.11. The lowest BCUT2D eigenvalue weighted by molar-refractivity contribution is -0.141. The molecule has 6 nitrogen and oxygen atoms in total. The zero-order chi connectivity index (χ0) is 13.9. The molecule has 0 aliphatic heterocycles. The van der Waals surface area contributed by atoms with Crippen LogP contribution in [0.15, 0.2) is 23.1 Å². The van der Waals surface area contributed by atoms with Gasteiger partial charge in [0.2, 0.25) is 5.56 Å². The summed E-state index contributed by atoms with van der Waals surface area (Å²) in [6, 6.07) is 2.74. The molecule has 1 aliphatic carbocycles. The fraction of sp³-hybridized carbons (Fsp3) is 0.462. The van der Waals surface area contributed by atoms with E-state index < -0.39 is 5.97 Å². The van der Waals surface area contributed by atoms with Crippen LogP contribution >= 0.6 is 0 Å². The molecule has 1 heterocycles. The van der Waals surface area contributed by atoms with Crippen molar-refractivity contribution in [2.45, 2.75) is 25.7 Å². The summed E-state index contributed by atoms with van der Waals surface area (Å²) < 4.78 is 0. The number of aromatic nitrogens is 1. The Labute approximate surface area is 109 Å². The molecule has 1 aliphatic rings. The second kappa shape index (κ2) is 5.26. The quantitative estimate of drug-likeness (QED) is 0.730. The number of rotatable bonds is 5. The molecule has 1 aromatic rings. The fourth-order valence-corrected chi connectivity index (χ4v) is 2.37. The Hall–Kier alpha value is -2.11. The van der Waals surface area contributed by atoms with Crippen LogP contribution in [0.5, 0.6) is 0 Å². The van der Waals surface area contributed by atoms with Crippen LogP contribution in [-0.2, 0) is 4.79 Å². The Morgan fingerprint density at radius 1 is 1.42 bits per heavy atom. The third kappa shape index (κ3) is 3.21. The largest absolute Gasteiger partial charge is 0.481 e. The summed E-state index contributed by atoms with van der Waals surface area (Å²) in [4.78, 5) is 36.2. The highest BCUT2D eigenvalue weighted by Gasteiger charge is 2.39. The molecule has 0 unspecified atom stereocenters. The first kappa shape index (κ1) is 13.3. The zero-order valence-corrected chi connectivity index (χ0v) is 10.4. The average Bonchev–Trinajstić information content (AvgIpc) is 2.31. The minimum atomic E-state index is -0.842. The Bertz CT molecular complexity index is 546. The van der Waals surface area contributed by atoms with Crippen molar-refractivity contribution in [3.63, 3.8) is 0 Å². The van der Waals surface area contributed by atoms with Crippen LogP contribution in [0, 0.1) is 5.41 Å². The molecule has 3 N–H and O–H groups in total. The number of H-pyrrole nitrogens is 1. The van der Waals surface area contributed by atoms with Gasteiger partial charge in [0, 0.05) is 24.4 Å². The van der Waals surface area contributed by atoms with Crippen LogP contribution in [0.2, 0.25) is 0 Å². The lowest BCUT2D eigenvalue weighted by atomic mass is 9.66. The number of hydrogen-bond acceptors (Lipinski definition) is 3. The number of carbonyl (C=O) groups is 2. The predicted octanol–water partition coefficient (Wildman–Crippen LogP) is 0.750. The molecule has 0 spiro atoms. The minimum Gasteiger partial charge on any atom is -0.481 e. The number of pyridine rings is 1. The van der Waals surface area contributed by atoms with Crippen molar-refractivity contribution < 1.29 is 14.7 Å². The van der Waals surface area contributed by atoms with E-state index in [0.29, 0.717) is 6.54 Å². The Morgan fingerprint density at radius 3 is 2.68 bits per heavy atom. The van der Waals surface area contributed by atoms with E-state index in [2.05, 4.69) is 10.3 Å². The first-order valence-electron chi connectivity index (χ1n) is 6.20. The lowest BCUT2D eigenvalue weighted by Crippen LogP contribution is -2.43. The minimum absolute atomic E-state index is 0.0721. The van der Waals surface area contributed by atoms with Crippen LogP contribution in [0.4, 0.5) is 0 Å². The van der Waals surface area contributed by atoms with Gasteiger partial charge in [0.25, 0.3) is 5.91 Å². The van der Waals surface area contributed by atoms with Gasteiger partial charge in [-0.05, 0) is 24.3 Å². The number of carboxylic acid groups (broad SMARTS) is 1. The number of aliphatic carboxylic acids is 1. The van der Waals surface area contributed by atoms with E-state index in [1.165, 1.54) is 18.3 Å². The van der Waals surface area contributed by atoms with E-state index in [-0.39, 0.29) is 28.9 Å². The Kier molecular flexibility index (Phi) is 3.69. The third-order valence-electron chi connectivity index (χ3n) is 3.60. The summed E-state index contributed by atoms with van der Waals surface area (Å²) in [5.41, 5.74) is -0.368. The van der Waals surface area contributed by atoms with Crippen LogP contribution in [0.1, 0.15) is 36.0 Å². The molecule has 0 aromatic carbocycles. The normalized spacial score (nSPS) is 16.4. The number of carboxylic acids is 1. The van der Waals surface area contributed by atoms with E-state index in [1.807, 2.05) is 0 Å². The Morgan fingerprint density at radius 2 is 2.16 bits per heavy atom. The van der Waals surface area contributed by atoms with Crippen molar-refractivity contribution in [3.8, 4) is 0 Å². The third-order valence-corrected chi connectivity index (χ3v) is 3.60. The zero-order valence-electron chi connectivity index (χ0n) is 10.4. The molecule has 1 aromatic heterocycles. The number of hydrogen-bond donors (Lipinski definition) is 3. The van der Waals surface area contributed by atoms with E-state index in [4.69, 9.17) is 5.11 Å². The monoisotopic (exact) mass is 264 g/mol. The van der Waals surface area contributed by atoms with Gasteiger partial charge in [-0.2, -0.15) is 0 Å². The maximum absolute atomic E-state index is 11.9. The maximum Gasteiger partial charge on any atom is 0.303 e. The van der Waals surface area contributed by atoms with Crippen LogP contribution < -0.4 is 10.9 Å². The first-order valence-corrected chi connectivity index (χ1v) is 6.20. The van der Waals surface area contributed by atoms with Crippen molar-refractivity contribution >= 4 is 11.9 Å². The summed E-state index contributed by atoms with van der Waals surface area (Å²) in [6.45, 7) is 0.338. The summed E-state index contributed by atoms with van der Waals surface area (Å²) in [5.74, 6) is -1.19. The summed E-state index contributed by atoms with van der Waals surface area (Å²) in [7, 11) is 0. The number of nitrogens with one attached hydrogen (secondary N) is 2. The second-order valence-electron chi connectivity index (χ2n) is 5.05. The highest BCUT2D eigenvalue weighted by molar-refractivity contribution is 5.94. The molecule has 0 atom stereocenters. The molecule has 6 heteroatoms. The predicted molar refractivity (Wildman–Crippen MR) is 67.9 cm³/mol. The molecule has 1 fully saturated rings. The molecular formula is C13H16N2O4. The molecular weight excluding hydrogens is 248 g/mol. The van der Waals surface area contributed by atoms with Gasteiger partial charge in [0.1, 0.15) is 0 Å². The highest BCUT2D eigenvalue weighted by Crippen LogP contribution is 2.43. The molecule has 1 amide bonds. The van der Waals surface area contributed by atoms with E-state index in [0.717, 1.165) is 19.3 Å². The van der Waals surface area contributed by atoms with Gasteiger partial charge in [-0.15, -0.1) is 0 Å². The van der Waals surface area contributed by atoms with Gasteiger partial charge in [0.05, 0.1) is 6.42 Å². The molecule has 2 rings (SSSR count). The topological polar surface area (TPSA) is 99.3 Å². The van der Waals surface area contributed by atoms with Gasteiger partial charge in [-0.3, -0.25) is 14.4 Å². The standard InChI is InChI=1S/C13H16N2O4/c16-10-6-9(2-5-14-10)12(19)15-8-13(3-1-4-13)7-11(17)18/h2,5-6H,1,3-4,7-8H2,(H,14,16)(H,15,19)(H,17,18). The summed E-state index contributed by atoms with van der Waals surface area (Å²) in [5, 5.41) is 11.6. The molecule has 19 heavy (non-hydrogen) atoms. The highest BCUT2D eigenvalue weighted by atomic mass is 16.4. The average molecular weight is 264 g/mol. The SMILES string of the molecule is O=C(O)CC1(CNC(=O)c2cc[nH]c(=O)c2)CCC1. The summed E-state index contributed by atoms with van der Waals surface area (Å²) >= 11 is 0. The van der Waals surface area contributed by atoms with Crippen LogP contribution in [0.25, 0.3) is 0 Å². The van der Waals surface area contributed by atoms with Crippen molar-refractivity contribution in [1.29, 1.82) is 0 Å². The molecule has 0 bridgehead atoms. The van der Waals surface area contributed by atoms with Crippen LogP contribution in [0.3, 0.4) is 0 Å². The fourth-order valence-electron chi connectivity index (χ4n) is 2.37. The van der Waals surface area contributed by atoms with Gasteiger partial charge < -0.3 is 15.4 Å². The van der Waals surface area contributed by atoms with Crippen molar-refractivity contribution in [1.82, 2.24) is 10.3 Å². The second-order valence-corrected chi connectivity index (χ2v) is 5.05. The van der Waals surface area contributed by atoms with E-state index >= 15 is 0 Å². The van der Waals surface area contributed by atoms with Crippen molar-refractivity contribution in [2.75, 3.05) is 6.54 Å². The van der Waals surface area contributed by atoms with Gasteiger partial charge in [-0.1, -0.05) is 6.42 Å². The van der Waals surface area contributed by atoms with E-state index in [1.54, 1.807) is 0 Å². The number of amides is 1. The van der Waals surface area contributed by atoms with Crippen molar-refractivity contribution in [2.24, 2.45) is 5.41 Å². The van der Waals surface area contributed by atoms with E-state index in [9.17, 15) is 14.4 Å². The smallest absolute Gasteiger partial charge is 0.303 e. The van der Waals surface area contributed by atoms with Crippen molar-refractivity contribution in [3.05, 3.63) is 34.2 Å². The maximum atomic E-state index is 11.9. The number of aromatic amines is 1. The molecule has 0 radical (unpaired) electrons. The Balaban J connectivity index is 1.96. The molecule has 1 saturated carbocycles. The van der Waals surface area contributed by atoms with Gasteiger partial charge in [-0.25, -0.2) is 0 Å².